The van der Waals surface area contributed by atoms with Crippen molar-refractivity contribution < 1.29 is 18.3 Å². The van der Waals surface area contributed by atoms with Crippen LogP contribution in [-0.4, -0.2) is 89.9 Å². The molecule has 1 aromatic heterocycles. The van der Waals surface area contributed by atoms with Crippen LogP contribution >= 0.6 is 0 Å². The number of carbonyl (C=O) groups excluding carboxylic acids is 1. The number of carbonyl (C=O) groups is 1. The number of nitrogens with zero attached hydrogens (tertiary/aromatic N) is 5. The molecule has 7 nitrogen and oxygen atoms in total. The maximum atomic E-state index is 13.7. The van der Waals surface area contributed by atoms with Crippen molar-refractivity contribution in [3.8, 4) is 28.0 Å². The number of fused-ring (bicyclic) bond motifs is 5. The smallest absolute Gasteiger partial charge is 0.256 e. The van der Waals surface area contributed by atoms with Crippen LogP contribution in [0.1, 0.15) is 41.6 Å². The van der Waals surface area contributed by atoms with E-state index in [-0.39, 0.29) is 23.6 Å². The molecule has 0 unspecified atom stereocenters. The van der Waals surface area contributed by atoms with Crippen LogP contribution in [0, 0.1) is 18.6 Å². The van der Waals surface area contributed by atoms with Crippen LogP contribution in [0.5, 0.6) is 5.75 Å². The summed E-state index contributed by atoms with van der Waals surface area (Å²) in [5, 5.41) is 2.31. The Morgan fingerprint density at radius 1 is 0.679 bits per heavy atom. The van der Waals surface area contributed by atoms with E-state index in [0.717, 1.165) is 122 Å². The van der Waals surface area contributed by atoms with E-state index in [4.69, 9.17) is 4.74 Å². The Hall–Kier alpha value is -5.38. The molecule has 3 aliphatic rings. The molecule has 9 heteroatoms. The van der Waals surface area contributed by atoms with Crippen LogP contribution in [0.4, 0.5) is 14.5 Å². The van der Waals surface area contributed by atoms with Gasteiger partial charge in [0.25, 0.3) is 5.91 Å². The van der Waals surface area contributed by atoms with E-state index in [9.17, 15) is 13.6 Å². The van der Waals surface area contributed by atoms with Crippen molar-refractivity contribution in [2.24, 2.45) is 4.99 Å². The minimum absolute atomic E-state index is 0.0803. The van der Waals surface area contributed by atoms with Gasteiger partial charge in [-0.25, -0.2) is 8.78 Å². The molecule has 4 heterocycles. The molecule has 1 amide bonds. The normalized spacial score (nSPS) is 17.4. The Bertz CT molecular complexity index is 2310. The molecule has 286 valence electrons. The molecule has 0 spiro atoms. The van der Waals surface area contributed by atoms with Crippen molar-refractivity contribution in [1.82, 2.24) is 19.3 Å². The van der Waals surface area contributed by atoms with Crippen LogP contribution in [0.3, 0.4) is 0 Å². The molecule has 2 saturated heterocycles. The third-order valence-corrected chi connectivity index (χ3v) is 11.9. The number of aryl methyl sites for hydroxylation is 2. The molecule has 9 rings (SSSR count). The van der Waals surface area contributed by atoms with E-state index in [0.29, 0.717) is 17.9 Å². The third-order valence-electron chi connectivity index (χ3n) is 11.9. The van der Waals surface area contributed by atoms with Gasteiger partial charge < -0.3 is 24.0 Å². The zero-order chi connectivity index (χ0) is 38.2. The second kappa shape index (κ2) is 15.6. The maximum absolute atomic E-state index is 13.7. The fourth-order valence-corrected chi connectivity index (χ4v) is 8.78. The number of aliphatic imine (C=N–C) groups is 1. The number of aromatic nitrogens is 1. The van der Waals surface area contributed by atoms with Crippen molar-refractivity contribution in [3.05, 3.63) is 120 Å². The van der Waals surface area contributed by atoms with Crippen LogP contribution in [0.15, 0.2) is 102 Å². The first-order valence-electron chi connectivity index (χ1n) is 20.0. The monoisotopic (exact) mass is 751 g/mol. The Balaban J connectivity index is 0.808. The van der Waals surface area contributed by atoms with Gasteiger partial charge in [-0.05, 0) is 122 Å². The van der Waals surface area contributed by atoms with Gasteiger partial charge in [0.2, 0.25) is 0 Å². The van der Waals surface area contributed by atoms with E-state index < -0.39 is 0 Å². The highest BCUT2D eigenvalue weighted by Crippen LogP contribution is 2.37. The van der Waals surface area contributed by atoms with Crippen LogP contribution in [0.2, 0.25) is 0 Å². The summed E-state index contributed by atoms with van der Waals surface area (Å²) < 4.78 is 36.1. The predicted octanol–water partition coefficient (Wildman–Crippen LogP) is 9.51. The average molecular weight is 752 g/mol. The van der Waals surface area contributed by atoms with Gasteiger partial charge in [-0.1, -0.05) is 36.4 Å². The minimum atomic E-state index is -0.245. The zero-order valence-corrected chi connectivity index (χ0v) is 31.9. The minimum Gasteiger partial charge on any atom is -0.493 e. The van der Waals surface area contributed by atoms with E-state index in [1.165, 1.54) is 35.3 Å². The Labute approximate surface area is 326 Å². The number of ether oxygens (including phenoxy) is 1. The Kier molecular flexibility index (Phi) is 10.1. The number of rotatable bonds is 11. The predicted molar refractivity (Wildman–Crippen MR) is 221 cm³/mol. The molecule has 1 atom stereocenters. The largest absolute Gasteiger partial charge is 0.493 e. The lowest BCUT2D eigenvalue weighted by molar-refractivity contribution is 0.0774. The van der Waals surface area contributed by atoms with Crippen molar-refractivity contribution >= 4 is 39.6 Å². The second-order valence-electron chi connectivity index (χ2n) is 15.5. The summed E-state index contributed by atoms with van der Waals surface area (Å²) in [5.74, 6) is 0.401. The molecule has 0 N–H and O–H groups in total. The van der Waals surface area contributed by atoms with Crippen molar-refractivity contribution in [3.63, 3.8) is 0 Å². The van der Waals surface area contributed by atoms with E-state index >= 15 is 0 Å². The fourth-order valence-electron chi connectivity index (χ4n) is 8.78. The quantitative estimate of drug-likeness (QED) is 0.124. The first-order valence-corrected chi connectivity index (χ1v) is 20.0. The Morgan fingerprint density at radius 3 is 1.86 bits per heavy atom. The van der Waals surface area contributed by atoms with Crippen molar-refractivity contribution in [2.45, 2.75) is 45.2 Å². The number of benzene rings is 5. The van der Waals surface area contributed by atoms with Crippen LogP contribution in [-0.2, 0) is 6.54 Å². The zero-order valence-electron chi connectivity index (χ0n) is 31.9. The molecular formula is C47H47F2N5O2. The highest BCUT2D eigenvalue weighted by molar-refractivity contribution is 6.10. The summed E-state index contributed by atoms with van der Waals surface area (Å²) in [7, 11) is 0. The number of hydrogen-bond donors (Lipinski definition) is 0. The van der Waals surface area contributed by atoms with Crippen molar-refractivity contribution in [2.75, 3.05) is 52.4 Å². The lowest BCUT2D eigenvalue weighted by Gasteiger charge is -2.34. The van der Waals surface area contributed by atoms with Gasteiger partial charge in [0.1, 0.15) is 17.4 Å². The number of hydrogen-bond acceptors (Lipinski definition) is 5. The van der Waals surface area contributed by atoms with Gasteiger partial charge in [0, 0.05) is 79.9 Å². The topological polar surface area (TPSA) is 53.3 Å². The van der Waals surface area contributed by atoms with E-state index in [1.54, 1.807) is 0 Å². The summed E-state index contributed by atoms with van der Waals surface area (Å²) in [6.07, 6.45) is 5.91. The standard InChI is InChI=1S/C47H47F2N5O2/c1-32-27-42-43(50-31-39-5-2-20-53(39)47(42)55)30-46(32)56-26-4-19-52-24-22-51(23-25-52)18-3-21-54-44-16-10-35(33-6-12-37(48)13-7-33)28-40(44)41-29-36(11-17-45(41)54)34-8-14-38(49)15-9-34/h6-17,27-31,39H,2-5,18-26H2,1H3/t39-/m0/s1. The van der Waals surface area contributed by atoms with Gasteiger partial charge in [0.05, 0.1) is 23.9 Å². The summed E-state index contributed by atoms with van der Waals surface area (Å²) in [6.45, 7) is 10.5. The van der Waals surface area contributed by atoms with E-state index in [1.807, 2.05) is 54.4 Å². The van der Waals surface area contributed by atoms with Crippen LogP contribution < -0.4 is 4.74 Å². The first-order chi connectivity index (χ1) is 27.4. The van der Waals surface area contributed by atoms with Gasteiger partial charge in [-0.3, -0.25) is 9.79 Å². The molecule has 2 fully saturated rings. The molecule has 56 heavy (non-hydrogen) atoms. The number of halogens is 2. The highest BCUT2D eigenvalue weighted by atomic mass is 19.1. The SMILES string of the molecule is Cc1cc2c(cc1OCCCN1CCN(CCCn3c4ccc(-c5ccc(F)cc5)cc4c4cc(-c5ccc(F)cc5)ccc43)CC1)N=C[C@@H]1CCCN1C2=O. The van der Waals surface area contributed by atoms with Gasteiger partial charge in [0.15, 0.2) is 0 Å². The molecule has 0 aliphatic carbocycles. The molecule has 0 radical (unpaired) electrons. The number of amides is 1. The summed E-state index contributed by atoms with van der Waals surface area (Å²) in [4.78, 5) is 24.9. The molecule has 5 aromatic carbocycles. The van der Waals surface area contributed by atoms with Gasteiger partial charge in [-0.15, -0.1) is 0 Å². The molecule has 3 aliphatic heterocycles. The third kappa shape index (κ3) is 7.33. The lowest BCUT2D eigenvalue weighted by Crippen LogP contribution is -2.47. The molecule has 0 saturated carbocycles. The van der Waals surface area contributed by atoms with E-state index in [2.05, 4.69) is 55.8 Å². The number of piperazine rings is 1. The Morgan fingerprint density at radius 2 is 1.25 bits per heavy atom. The van der Waals surface area contributed by atoms with Gasteiger partial charge in [-0.2, -0.15) is 0 Å². The fraction of sp³-hybridized carbons (Fsp3) is 0.319. The highest BCUT2D eigenvalue weighted by Gasteiger charge is 2.32. The summed E-state index contributed by atoms with van der Waals surface area (Å²) >= 11 is 0. The molecule has 0 bridgehead atoms. The molecular weight excluding hydrogens is 705 g/mol. The van der Waals surface area contributed by atoms with Gasteiger partial charge >= 0.3 is 0 Å². The van der Waals surface area contributed by atoms with Crippen molar-refractivity contribution in [1.29, 1.82) is 0 Å². The van der Waals surface area contributed by atoms with Crippen LogP contribution in [0.25, 0.3) is 44.1 Å². The summed E-state index contributed by atoms with van der Waals surface area (Å²) in [5.41, 5.74) is 8.77. The average Bonchev–Trinajstić information content (AvgIpc) is 3.79. The summed E-state index contributed by atoms with van der Waals surface area (Å²) in [6, 6.07) is 30.4. The molecule has 6 aromatic rings. The maximum Gasteiger partial charge on any atom is 0.256 e. The first kappa shape index (κ1) is 36.3. The lowest BCUT2D eigenvalue weighted by atomic mass is 10.0. The second-order valence-corrected chi connectivity index (χ2v) is 15.5.